The highest BCUT2D eigenvalue weighted by Crippen LogP contribution is 2.21. The molecular formula is C16H28N4O. The second-order valence-electron chi connectivity index (χ2n) is 5.95. The molecule has 118 valence electrons. The first-order valence-electron chi connectivity index (χ1n) is 7.62. The van der Waals surface area contributed by atoms with Crippen molar-refractivity contribution in [3.63, 3.8) is 0 Å². The van der Waals surface area contributed by atoms with Crippen LogP contribution in [0, 0.1) is 0 Å². The maximum Gasteiger partial charge on any atom is 0.122 e. The van der Waals surface area contributed by atoms with Crippen LogP contribution in [0.25, 0.3) is 0 Å². The number of nitrogens with one attached hydrogen (secondary N) is 1. The second-order valence-corrected chi connectivity index (χ2v) is 5.95. The summed E-state index contributed by atoms with van der Waals surface area (Å²) in [5.41, 5.74) is 4.22. The zero-order valence-electron chi connectivity index (χ0n) is 13.4. The first kappa shape index (κ1) is 16.2. The van der Waals surface area contributed by atoms with Gasteiger partial charge in [-0.05, 0) is 51.7 Å². The Kier molecular flexibility index (Phi) is 5.99. The molecule has 0 spiro atoms. The van der Waals surface area contributed by atoms with Crippen LogP contribution in [0.4, 0.5) is 0 Å². The third-order valence-corrected chi connectivity index (χ3v) is 4.43. The Morgan fingerprint density at radius 1 is 1.33 bits per heavy atom. The largest absolute Gasteiger partial charge is 0.496 e. The fraction of sp³-hybridized carbons (Fsp3) is 0.625. The molecule has 0 bridgehead atoms. The molecule has 0 saturated carbocycles. The van der Waals surface area contributed by atoms with Gasteiger partial charge in [0.15, 0.2) is 0 Å². The summed E-state index contributed by atoms with van der Waals surface area (Å²) in [5.74, 6) is 6.80. The molecule has 5 nitrogen and oxygen atoms in total. The van der Waals surface area contributed by atoms with Gasteiger partial charge in [0.1, 0.15) is 5.75 Å². The number of para-hydroxylation sites is 1. The van der Waals surface area contributed by atoms with Gasteiger partial charge in [0.25, 0.3) is 0 Å². The minimum absolute atomic E-state index is 0.201. The van der Waals surface area contributed by atoms with Gasteiger partial charge in [-0.15, -0.1) is 0 Å². The summed E-state index contributed by atoms with van der Waals surface area (Å²) in [5, 5.41) is 0. The molecule has 1 aromatic carbocycles. The SMILES string of the molecule is COc1ccccc1CC(NN)C1CN(C)CCCN1C. The molecule has 1 aromatic rings. The summed E-state index contributed by atoms with van der Waals surface area (Å²) in [6.07, 6.45) is 2.07. The predicted molar refractivity (Wildman–Crippen MR) is 86.3 cm³/mol. The third-order valence-electron chi connectivity index (χ3n) is 4.43. The number of hydrazine groups is 1. The van der Waals surface area contributed by atoms with E-state index in [1.807, 2.05) is 18.2 Å². The Morgan fingerprint density at radius 2 is 2.10 bits per heavy atom. The van der Waals surface area contributed by atoms with Crippen LogP contribution in [0.15, 0.2) is 24.3 Å². The molecule has 0 aliphatic carbocycles. The van der Waals surface area contributed by atoms with Gasteiger partial charge < -0.3 is 14.5 Å². The minimum Gasteiger partial charge on any atom is -0.496 e. The smallest absolute Gasteiger partial charge is 0.122 e. The number of rotatable bonds is 5. The monoisotopic (exact) mass is 292 g/mol. The summed E-state index contributed by atoms with van der Waals surface area (Å²) in [6.45, 7) is 3.28. The first-order valence-corrected chi connectivity index (χ1v) is 7.62. The lowest BCUT2D eigenvalue weighted by molar-refractivity contribution is 0.177. The molecule has 2 atom stereocenters. The molecule has 3 N–H and O–H groups in total. The van der Waals surface area contributed by atoms with Gasteiger partial charge >= 0.3 is 0 Å². The van der Waals surface area contributed by atoms with Crippen molar-refractivity contribution in [3.8, 4) is 5.75 Å². The lowest BCUT2D eigenvalue weighted by Crippen LogP contribution is -2.55. The fourth-order valence-electron chi connectivity index (χ4n) is 3.15. The second kappa shape index (κ2) is 7.75. The van der Waals surface area contributed by atoms with Gasteiger partial charge in [0.05, 0.1) is 7.11 Å². The molecule has 0 amide bonds. The van der Waals surface area contributed by atoms with E-state index in [0.29, 0.717) is 6.04 Å². The zero-order chi connectivity index (χ0) is 15.2. The Morgan fingerprint density at radius 3 is 2.81 bits per heavy atom. The van der Waals surface area contributed by atoms with Crippen molar-refractivity contribution in [1.82, 2.24) is 15.2 Å². The number of hydrogen-bond donors (Lipinski definition) is 2. The van der Waals surface area contributed by atoms with Gasteiger partial charge in [-0.1, -0.05) is 18.2 Å². The lowest BCUT2D eigenvalue weighted by Gasteiger charge is -2.34. The van der Waals surface area contributed by atoms with E-state index in [-0.39, 0.29) is 6.04 Å². The molecule has 5 heteroatoms. The summed E-state index contributed by atoms with van der Waals surface area (Å²) in [4.78, 5) is 4.81. The molecule has 1 fully saturated rings. The Balaban J connectivity index is 2.14. The number of hydrogen-bond acceptors (Lipinski definition) is 5. The molecule has 1 aliphatic rings. The van der Waals surface area contributed by atoms with Crippen molar-refractivity contribution in [3.05, 3.63) is 29.8 Å². The van der Waals surface area contributed by atoms with Crippen LogP contribution >= 0.6 is 0 Å². The van der Waals surface area contributed by atoms with Gasteiger partial charge in [0, 0.05) is 18.6 Å². The average molecular weight is 292 g/mol. The summed E-state index contributed by atoms with van der Waals surface area (Å²) >= 11 is 0. The molecule has 1 aliphatic heterocycles. The first-order chi connectivity index (χ1) is 10.2. The molecule has 21 heavy (non-hydrogen) atoms. The molecular weight excluding hydrogens is 264 g/mol. The highest BCUT2D eigenvalue weighted by molar-refractivity contribution is 5.34. The van der Waals surface area contributed by atoms with Crippen molar-refractivity contribution < 1.29 is 4.74 Å². The highest BCUT2D eigenvalue weighted by Gasteiger charge is 2.28. The van der Waals surface area contributed by atoms with Crippen LogP contribution in [0.3, 0.4) is 0 Å². The number of nitrogens with two attached hydrogens (primary N) is 1. The quantitative estimate of drug-likeness (QED) is 0.618. The molecule has 2 unspecified atom stereocenters. The van der Waals surface area contributed by atoms with E-state index in [0.717, 1.165) is 31.8 Å². The topological polar surface area (TPSA) is 53.8 Å². The van der Waals surface area contributed by atoms with Gasteiger partial charge in [0.2, 0.25) is 0 Å². The van der Waals surface area contributed by atoms with E-state index < -0.39 is 0 Å². The van der Waals surface area contributed by atoms with Gasteiger partial charge in [-0.2, -0.15) is 0 Å². The fourth-order valence-corrected chi connectivity index (χ4v) is 3.15. The van der Waals surface area contributed by atoms with Gasteiger partial charge in [-0.3, -0.25) is 11.3 Å². The van der Waals surface area contributed by atoms with Crippen LogP contribution in [-0.4, -0.2) is 62.7 Å². The predicted octanol–water partition coefficient (Wildman–Crippen LogP) is 0.706. The normalized spacial score (nSPS) is 22.8. The van der Waals surface area contributed by atoms with Crippen molar-refractivity contribution in [1.29, 1.82) is 0 Å². The Labute approximate surface area is 128 Å². The van der Waals surface area contributed by atoms with E-state index in [4.69, 9.17) is 10.6 Å². The zero-order valence-corrected chi connectivity index (χ0v) is 13.4. The molecule has 1 saturated heterocycles. The average Bonchev–Trinajstić information content (AvgIpc) is 2.66. The molecule has 2 rings (SSSR count). The van der Waals surface area contributed by atoms with E-state index in [1.54, 1.807) is 7.11 Å². The van der Waals surface area contributed by atoms with E-state index in [9.17, 15) is 0 Å². The van der Waals surface area contributed by atoms with Crippen LogP contribution < -0.4 is 16.0 Å². The van der Waals surface area contributed by atoms with Gasteiger partial charge in [-0.25, -0.2) is 0 Å². The third kappa shape index (κ3) is 4.17. The van der Waals surface area contributed by atoms with Crippen molar-refractivity contribution in [2.45, 2.75) is 24.9 Å². The number of ether oxygens (including phenoxy) is 1. The molecule has 1 heterocycles. The molecule has 0 aromatic heterocycles. The maximum absolute atomic E-state index is 5.87. The highest BCUT2D eigenvalue weighted by atomic mass is 16.5. The minimum atomic E-state index is 0.201. The Hall–Kier alpha value is -1.14. The van der Waals surface area contributed by atoms with E-state index in [1.165, 1.54) is 12.0 Å². The van der Waals surface area contributed by atoms with Crippen LogP contribution in [0.5, 0.6) is 5.75 Å². The van der Waals surface area contributed by atoms with E-state index >= 15 is 0 Å². The number of likely N-dealkylation sites (N-methyl/N-ethyl adjacent to an activating group) is 2. The van der Waals surface area contributed by atoms with Crippen LogP contribution in [-0.2, 0) is 6.42 Å². The summed E-state index contributed by atoms with van der Waals surface area (Å²) in [7, 11) is 6.09. The van der Waals surface area contributed by atoms with E-state index in [2.05, 4.69) is 35.4 Å². The number of benzene rings is 1. The van der Waals surface area contributed by atoms with Crippen LogP contribution in [0.2, 0.25) is 0 Å². The number of nitrogens with zero attached hydrogens (tertiary/aromatic N) is 2. The van der Waals surface area contributed by atoms with Crippen molar-refractivity contribution >= 4 is 0 Å². The Bertz CT molecular complexity index is 440. The van der Waals surface area contributed by atoms with Crippen molar-refractivity contribution in [2.24, 2.45) is 5.84 Å². The standard InChI is InChI=1S/C16H28N4O/c1-19-9-6-10-20(2)15(12-19)14(18-17)11-13-7-4-5-8-16(13)21-3/h4-5,7-8,14-15,18H,6,9-12,17H2,1-3H3. The maximum atomic E-state index is 5.87. The lowest BCUT2D eigenvalue weighted by atomic mass is 9.98. The summed E-state index contributed by atoms with van der Waals surface area (Å²) in [6, 6.07) is 8.77. The van der Waals surface area contributed by atoms with Crippen LogP contribution in [0.1, 0.15) is 12.0 Å². The molecule has 0 radical (unpaired) electrons. The summed E-state index contributed by atoms with van der Waals surface area (Å²) < 4.78 is 5.46. The van der Waals surface area contributed by atoms with Crippen molar-refractivity contribution in [2.75, 3.05) is 40.8 Å². The number of methoxy groups -OCH3 is 1.